The van der Waals surface area contributed by atoms with Crippen molar-refractivity contribution in [3.8, 4) is 0 Å². The number of nitrogens with zero attached hydrogens (tertiary/aromatic N) is 2. The third-order valence-electron chi connectivity index (χ3n) is 2.14. The molecule has 0 saturated heterocycles. The van der Waals surface area contributed by atoms with Gasteiger partial charge in [-0.15, -0.1) is 0 Å². The van der Waals surface area contributed by atoms with Crippen LogP contribution in [0.1, 0.15) is 16.1 Å². The van der Waals surface area contributed by atoms with Crippen LogP contribution in [0.2, 0.25) is 0 Å². The van der Waals surface area contributed by atoms with E-state index in [0.717, 1.165) is 0 Å². The van der Waals surface area contributed by atoms with E-state index in [9.17, 15) is 4.79 Å². The molecule has 2 aromatic rings. The van der Waals surface area contributed by atoms with Gasteiger partial charge >= 0.3 is 0 Å². The molecule has 0 aliphatic heterocycles. The van der Waals surface area contributed by atoms with Crippen LogP contribution in [0.5, 0.6) is 0 Å². The Morgan fingerprint density at radius 3 is 2.59 bits per heavy atom. The Kier molecular flexibility index (Phi) is 3.00. The Morgan fingerprint density at radius 2 is 1.94 bits per heavy atom. The average molecular weight is 228 g/mol. The molecule has 0 unspecified atom stereocenters. The molecular weight excluding hydrogens is 216 g/mol. The molecular formula is C12H12N4O. The van der Waals surface area contributed by atoms with E-state index in [1.807, 2.05) is 6.07 Å². The lowest BCUT2D eigenvalue weighted by molar-refractivity contribution is 0.102. The quantitative estimate of drug-likeness (QED) is 0.818. The van der Waals surface area contributed by atoms with E-state index < -0.39 is 0 Å². The van der Waals surface area contributed by atoms with Gasteiger partial charge in [0, 0.05) is 17.3 Å². The van der Waals surface area contributed by atoms with Gasteiger partial charge < -0.3 is 5.73 Å². The van der Waals surface area contributed by atoms with Crippen molar-refractivity contribution in [2.45, 2.75) is 6.92 Å². The molecule has 0 atom stereocenters. The molecule has 2 rings (SSSR count). The maximum Gasteiger partial charge on any atom is 0.258 e. The van der Waals surface area contributed by atoms with Crippen LogP contribution in [0, 0.1) is 6.92 Å². The number of rotatable bonds is 2. The number of amides is 1. The van der Waals surface area contributed by atoms with E-state index in [4.69, 9.17) is 5.73 Å². The number of anilines is 2. The van der Waals surface area contributed by atoms with E-state index >= 15 is 0 Å². The molecule has 0 radical (unpaired) electrons. The number of hydrogen-bond donors (Lipinski definition) is 2. The van der Waals surface area contributed by atoms with Crippen LogP contribution in [0.3, 0.4) is 0 Å². The maximum absolute atomic E-state index is 11.8. The van der Waals surface area contributed by atoms with Crippen LogP contribution in [0.15, 0.2) is 36.4 Å². The van der Waals surface area contributed by atoms with Gasteiger partial charge in [-0.1, -0.05) is 18.2 Å². The first kappa shape index (κ1) is 11.1. The van der Waals surface area contributed by atoms with Crippen LogP contribution in [-0.4, -0.2) is 15.9 Å². The van der Waals surface area contributed by atoms with Crippen molar-refractivity contribution in [1.82, 2.24) is 9.97 Å². The number of nitrogens with two attached hydrogens (primary N) is 1. The summed E-state index contributed by atoms with van der Waals surface area (Å²) in [6.07, 6.45) is 0. The molecule has 0 fully saturated rings. The zero-order chi connectivity index (χ0) is 12.3. The Hall–Kier alpha value is -2.43. The molecule has 5 heteroatoms. The number of benzene rings is 1. The number of carbonyl (C=O) groups is 1. The summed E-state index contributed by atoms with van der Waals surface area (Å²) in [6, 6.07) is 10.5. The van der Waals surface area contributed by atoms with Gasteiger partial charge in [-0.3, -0.25) is 10.1 Å². The Bertz CT molecular complexity index is 519. The molecule has 0 aliphatic rings. The lowest BCUT2D eigenvalue weighted by Crippen LogP contribution is -2.14. The minimum Gasteiger partial charge on any atom is -0.384 e. The fourth-order valence-corrected chi connectivity index (χ4v) is 1.41. The predicted octanol–water partition coefficient (Wildman–Crippen LogP) is 1.62. The lowest BCUT2D eigenvalue weighted by atomic mass is 10.2. The molecule has 86 valence electrons. The number of aromatic nitrogens is 2. The number of aryl methyl sites for hydroxylation is 1. The SMILES string of the molecule is Cc1cc(N)nc(NC(=O)c2ccccc2)n1. The summed E-state index contributed by atoms with van der Waals surface area (Å²) in [6.45, 7) is 1.79. The van der Waals surface area contributed by atoms with Gasteiger partial charge in [0.15, 0.2) is 0 Å². The second kappa shape index (κ2) is 4.61. The van der Waals surface area contributed by atoms with E-state index in [0.29, 0.717) is 17.1 Å². The van der Waals surface area contributed by atoms with Crippen molar-refractivity contribution in [2.75, 3.05) is 11.1 Å². The minimum absolute atomic E-state index is 0.219. The average Bonchev–Trinajstić information content (AvgIpc) is 2.28. The summed E-state index contributed by atoms with van der Waals surface area (Å²) < 4.78 is 0. The molecule has 1 aromatic heterocycles. The van der Waals surface area contributed by atoms with E-state index in [1.165, 1.54) is 0 Å². The maximum atomic E-state index is 11.8. The van der Waals surface area contributed by atoms with Crippen LogP contribution >= 0.6 is 0 Å². The second-order valence-corrected chi connectivity index (χ2v) is 3.58. The van der Waals surface area contributed by atoms with Crippen molar-refractivity contribution in [1.29, 1.82) is 0 Å². The highest BCUT2D eigenvalue weighted by Gasteiger charge is 2.07. The van der Waals surface area contributed by atoms with Gasteiger partial charge in [0.25, 0.3) is 5.91 Å². The van der Waals surface area contributed by atoms with E-state index in [1.54, 1.807) is 37.3 Å². The third-order valence-corrected chi connectivity index (χ3v) is 2.14. The topological polar surface area (TPSA) is 80.9 Å². The zero-order valence-electron chi connectivity index (χ0n) is 9.34. The molecule has 5 nitrogen and oxygen atoms in total. The molecule has 1 amide bonds. The van der Waals surface area contributed by atoms with E-state index in [-0.39, 0.29) is 11.9 Å². The summed E-state index contributed by atoms with van der Waals surface area (Å²) in [5.74, 6) is 0.299. The number of nitrogen functional groups attached to an aromatic ring is 1. The van der Waals surface area contributed by atoms with Gasteiger partial charge in [-0.25, -0.2) is 4.98 Å². The molecule has 1 heterocycles. The van der Waals surface area contributed by atoms with Gasteiger partial charge in [-0.05, 0) is 19.1 Å². The molecule has 17 heavy (non-hydrogen) atoms. The standard InChI is InChI=1S/C12H12N4O/c1-8-7-10(13)15-12(14-8)16-11(17)9-5-3-2-4-6-9/h2-7H,1H3,(H3,13,14,15,16,17). The molecule has 0 aliphatic carbocycles. The Morgan fingerprint density at radius 1 is 1.24 bits per heavy atom. The number of hydrogen-bond acceptors (Lipinski definition) is 4. The monoisotopic (exact) mass is 228 g/mol. The Balaban J connectivity index is 2.19. The highest BCUT2D eigenvalue weighted by Crippen LogP contribution is 2.08. The second-order valence-electron chi connectivity index (χ2n) is 3.58. The molecule has 0 spiro atoms. The van der Waals surface area contributed by atoms with Crippen LogP contribution in [0.25, 0.3) is 0 Å². The van der Waals surface area contributed by atoms with E-state index in [2.05, 4.69) is 15.3 Å². The lowest BCUT2D eigenvalue weighted by Gasteiger charge is -2.05. The normalized spacial score (nSPS) is 9.94. The smallest absolute Gasteiger partial charge is 0.258 e. The first-order valence-corrected chi connectivity index (χ1v) is 5.13. The predicted molar refractivity (Wildman–Crippen MR) is 65.6 cm³/mol. The zero-order valence-corrected chi connectivity index (χ0v) is 9.34. The minimum atomic E-state index is -0.254. The fraction of sp³-hybridized carbons (Fsp3) is 0.0833. The highest BCUT2D eigenvalue weighted by atomic mass is 16.1. The van der Waals surface area contributed by atoms with Gasteiger partial charge in [0.2, 0.25) is 5.95 Å². The molecule has 0 saturated carbocycles. The van der Waals surface area contributed by atoms with Crippen molar-refractivity contribution in [2.24, 2.45) is 0 Å². The fourth-order valence-electron chi connectivity index (χ4n) is 1.41. The summed E-state index contributed by atoms with van der Waals surface area (Å²) in [7, 11) is 0. The van der Waals surface area contributed by atoms with Crippen LogP contribution < -0.4 is 11.1 Å². The first-order chi connectivity index (χ1) is 8.15. The van der Waals surface area contributed by atoms with Gasteiger partial charge in [0.05, 0.1) is 0 Å². The summed E-state index contributed by atoms with van der Waals surface area (Å²) in [4.78, 5) is 19.8. The summed E-state index contributed by atoms with van der Waals surface area (Å²) >= 11 is 0. The van der Waals surface area contributed by atoms with Crippen molar-refractivity contribution >= 4 is 17.7 Å². The van der Waals surface area contributed by atoms with Crippen LogP contribution in [-0.2, 0) is 0 Å². The van der Waals surface area contributed by atoms with Crippen molar-refractivity contribution in [3.05, 3.63) is 47.7 Å². The van der Waals surface area contributed by atoms with Crippen LogP contribution in [0.4, 0.5) is 11.8 Å². The molecule has 0 bridgehead atoms. The highest BCUT2D eigenvalue weighted by molar-refractivity contribution is 6.03. The number of nitrogens with one attached hydrogen (secondary N) is 1. The first-order valence-electron chi connectivity index (χ1n) is 5.13. The van der Waals surface area contributed by atoms with Crippen molar-refractivity contribution in [3.63, 3.8) is 0 Å². The van der Waals surface area contributed by atoms with Crippen molar-refractivity contribution < 1.29 is 4.79 Å². The van der Waals surface area contributed by atoms with Gasteiger partial charge in [-0.2, -0.15) is 4.98 Å². The summed E-state index contributed by atoms with van der Waals surface area (Å²) in [5, 5.41) is 2.60. The largest absolute Gasteiger partial charge is 0.384 e. The molecule has 3 N–H and O–H groups in total. The van der Waals surface area contributed by atoms with Gasteiger partial charge in [0.1, 0.15) is 5.82 Å². The third kappa shape index (κ3) is 2.78. The Labute approximate surface area is 98.7 Å². The molecule has 1 aromatic carbocycles. The number of carbonyl (C=O) groups excluding carboxylic acids is 1. The summed E-state index contributed by atoms with van der Waals surface area (Å²) in [5.41, 5.74) is 6.83.